The van der Waals surface area contributed by atoms with Crippen molar-refractivity contribution in [2.24, 2.45) is 10.2 Å². The monoisotopic (exact) mass is 419 g/mol. The molecule has 1 heterocycles. The first-order valence-electron chi connectivity index (χ1n) is 9.98. The maximum atomic E-state index is 13.6. The Morgan fingerprint density at radius 1 is 1.27 bits per heavy atom. The van der Waals surface area contributed by atoms with E-state index in [9.17, 15) is 18.4 Å². The quantitative estimate of drug-likeness (QED) is 0.380. The van der Waals surface area contributed by atoms with Crippen LogP contribution in [0.15, 0.2) is 50.3 Å². The van der Waals surface area contributed by atoms with Gasteiger partial charge in [0.25, 0.3) is 5.56 Å². The predicted molar refractivity (Wildman–Crippen MR) is 112 cm³/mol. The number of unbranched alkanes of at least 4 members (excludes halogenated alkanes) is 1. The standard InChI is InChI=1S/C21H27F2N5O2/c1-3-6-19(17-13-25-21(30)26-20(17)29)28-27-14(2)7-4-5-10-24-12-15-8-9-16(22)11-18(15)23/h6,8-9,11,13-14,24H,3-5,7,10,12H2,1-2H3,(H2,25,26,29,30)/b19-6-,28-27-. The zero-order valence-electron chi connectivity index (χ0n) is 17.2. The highest BCUT2D eigenvalue weighted by Crippen LogP contribution is 2.14. The Morgan fingerprint density at radius 2 is 2.07 bits per heavy atom. The molecule has 0 amide bonds. The molecule has 2 rings (SSSR count). The normalized spacial score (nSPS) is 13.1. The fourth-order valence-electron chi connectivity index (χ4n) is 2.79. The summed E-state index contributed by atoms with van der Waals surface area (Å²) in [5.41, 5.74) is 0.0509. The Labute approximate surface area is 173 Å². The molecule has 0 fully saturated rings. The minimum Gasteiger partial charge on any atom is -0.313 e. The van der Waals surface area contributed by atoms with Gasteiger partial charge in [0.2, 0.25) is 0 Å². The van der Waals surface area contributed by atoms with Crippen molar-refractivity contribution in [1.29, 1.82) is 0 Å². The van der Waals surface area contributed by atoms with Crippen LogP contribution in [0.2, 0.25) is 0 Å². The second-order valence-corrected chi connectivity index (χ2v) is 6.96. The van der Waals surface area contributed by atoms with Crippen molar-refractivity contribution >= 4 is 5.70 Å². The van der Waals surface area contributed by atoms with Crippen molar-refractivity contribution in [3.8, 4) is 0 Å². The number of allylic oxidation sites excluding steroid dienone is 1. The van der Waals surface area contributed by atoms with Gasteiger partial charge in [-0.2, -0.15) is 10.2 Å². The molecule has 162 valence electrons. The number of hydrogen-bond donors (Lipinski definition) is 3. The molecule has 9 heteroatoms. The van der Waals surface area contributed by atoms with E-state index in [1.807, 2.05) is 13.8 Å². The summed E-state index contributed by atoms with van der Waals surface area (Å²) in [6.45, 7) is 4.91. The molecule has 1 aromatic carbocycles. The average Bonchev–Trinajstić information content (AvgIpc) is 2.69. The Morgan fingerprint density at radius 3 is 2.77 bits per heavy atom. The summed E-state index contributed by atoms with van der Waals surface area (Å²) >= 11 is 0. The third-order valence-corrected chi connectivity index (χ3v) is 4.41. The number of aromatic nitrogens is 2. The summed E-state index contributed by atoms with van der Waals surface area (Å²) in [5.74, 6) is -1.13. The van der Waals surface area contributed by atoms with Crippen LogP contribution in [0.4, 0.5) is 8.78 Å². The molecule has 0 aliphatic carbocycles. The van der Waals surface area contributed by atoms with Crippen LogP contribution in [0.25, 0.3) is 5.70 Å². The molecule has 3 N–H and O–H groups in total. The molecule has 7 nitrogen and oxygen atoms in total. The van der Waals surface area contributed by atoms with E-state index in [1.165, 1.54) is 18.3 Å². The molecule has 0 saturated heterocycles. The van der Waals surface area contributed by atoms with E-state index in [-0.39, 0.29) is 11.6 Å². The molecule has 2 aromatic rings. The minimum atomic E-state index is -0.582. The van der Waals surface area contributed by atoms with Gasteiger partial charge in [-0.3, -0.25) is 9.78 Å². The Bertz CT molecular complexity index is 997. The molecular weight excluding hydrogens is 392 g/mol. The highest BCUT2D eigenvalue weighted by atomic mass is 19.1. The number of azo groups is 1. The third-order valence-electron chi connectivity index (χ3n) is 4.41. The number of rotatable bonds is 11. The van der Waals surface area contributed by atoms with Crippen molar-refractivity contribution in [2.75, 3.05) is 6.54 Å². The summed E-state index contributed by atoms with van der Waals surface area (Å²) in [4.78, 5) is 27.7. The van der Waals surface area contributed by atoms with Gasteiger partial charge in [0.1, 0.15) is 11.6 Å². The maximum Gasteiger partial charge on any atom is 0.325 e. The smallest absolute Gasteiger partial charge is 0.313 e. The SMILES string of the molecule is CC/C=C(\N=N/C(C)CCCCNCc1ccc(F)cc1F)c1c[nH]c(=O)[nH]c1=O. The van der Waals surface area contributed by atoms with E-state index in [4.69, 9.17) is 0 Å². The average molecular weight is 419 g/mol. The molecule has 0 radical (unpaired) electrons. The fourth-order valence-corrected chi connectivity index (χ4v) is 2.79. The predicted octanol–water partition coefficient (Wildman–Crippen LogP) is 3.89. The van der Waals surface area contributed by atoms with Gasteiger partial charge in [0.15, 0.2) is 0 Å². The number of halogens is 2. The summed E-state index contributed by atoms with van der Waals surface area (Å²) in [6, 6.07) is 3.53. The number of benzene rings is 1. The number of nitrogens with one attached hydrogen (secondary N) is 3. The van der Waals surface area contributed by atoms with Crippen molar-refractivity contribution in [3.05, 3.63) is 74.1 Å². The van der Waals surface area contributed by atoms with Crippen LogP contribution in [0.5, 0.6) is 0 Å². The van der Waals surface area contributed by atoms with Crippen molar-refractivity contribution in [3.63, 3.8) is 0 Å². The zero-order valence-corrected chi connectivity index (χ0v) is 17.2. The lowest BCUT2D eigenvalue weighted by Crippen LogP contribution is -2.24. The van der Waals surface area contributed by atoms with Gasteiger partial charge in [-0.05, 0) is 38.8 Å². The van der Waals surface area contributed by atoms with Crippen LogP contribution in [0, 0.1) is 11.6 Å². The minimum absolute atomic E-state index is 0.0401. The summed E-state index contributed by atoms with van der Waals surface area (Å²) in [5, 5.41) is 11.6. The molecule has 0 spiro atoms. The number of hydrogen-bond acceptors (Lipinski definition) is 5. The third kappa shape index (κ3) is 7.47. The van der Waals surface area contributed by atoms with E-state index >= 15 is 0 Å². The lowest BCUT2D eigenvalue weighted by Gasteiger charge is -2.08. The van der Waals surface area contributed by atoms with E-state index in [1.54, 1.807) is 6.08 Å². The fraction of sp³-hybridized carbons (Fsp3) is 0.429. The molecule has 1 atom stereocenters. The Kier molecular flexibility index (Phi) is 9.27. The lowest BCUT2D eigenvalue weighted by atomic mass is 10.1. The van der Waals surface area contributed by atoms with Crippen LogP contribution in [-0.2, 0) is 6.54 Å². The molecule has 1 unspecified atom stereocenters. The van der Waals surface area contributed by atoms with Crippen LogP contribution in [-0.4, -0.2) is 22.6 Å². The first-order chi connectivity index (χ1) is 14.4. The van der Waals surface area contributed by atoms with Crippen molar-refractivity contribution < 1.29 is 8.78 Å². The summed E-state index contributed by atoms with van der Waals surface area (Å²) in [6.07, 6.45) is 6.35. The molecular formula is C21H27F2N5O2. The van der Waals surface area contributed by atoms with Crippen LogP contribution >= 0.6 is 0 Å². The van der Waals surface area contributed by atoms with E-state index in [0.717, 1.165) is 25.3 Å². The van der Waals surface area contributed by atoms with E-state index in [2.05, 4.69) is 25.5 Å². The van der Waals surface area contributed by atoms with Gasteiger partial charge in [0, 0.05) is 24.4 Å². The van der Waals surface area contributed by atoms with Gasteiger partial charge >= 0.3 is 5.69 Å². The number of H-pyrrole nitrogens is 2. The van der Waals surface area contributed by atoms with Crippen molar-refractivity contribution in [2.45, 2.75) is 52.1 Å². The number of aromatic amines is 2. The highest BCUT2D eigenvalue weighted by molar-refractivity contribution is 5.62. The first kappa shape index (κ1) is 23.3. The van der Waals surface area contributed by atoms with Crippen LogP contribution in [0.3, 0.4) is 0 Å². The second-order valence-electron chi connectivity index (χ2n) is 6.96. The molecule has 0 aliphatic rings. The molecule has 1 aromatic heterocycles. The van der Waals surface area contributed by atoms with E-state index < -0.39 is 22.9 Å². The summed E-state index contributed by atoms with van der Waals surface area (Å²) in [7, 11) is 0. The zero-order chi connectivity index (χ0) is 21.9. The van der Waals surface area contributed by atoms with Gasteiger partial charge < -0.3 is 10.3 Å². The largest absolute Gasteiger partial charge is 0.325 e. The van der Waals surface area contributed by atoms with Crippen LogP contribution < -0.4 is 16.6 Å². The van der Waals surface area contributed by atoms with Gasteiger partial charge in [-0.1, -0.05) is 25.5 Å². The maximum absolute atomic E-state index is 13.6. The topological polar surface area (TPSA) is 102 Å². The van der Waals surface area contributed by atoms with Gasteiger partial charge in [-0.15, -0.1) is 0 Å². The van der Waals surface area contributed by atoms with Crippen LogP contribution in [0.1, 0.15) is 50.7 Å². The van der Waals surface area contributed by atoms with E-state index in [0.29, 0.717) is 30.8 Å². The Balaban J connectivity index is 1.76. The first-order valence-corrected chi connectivity index (χ1v) is 9.98. The molecule has 30 heavy (non-hydrogen) atoms. The molecule has 0 saturated carbocycles. The van der Waals surface area contributed by atoms with Gasteiger partial charge in [-0.25, -0.2) is 13.6 Å². The van der Waals surface area contributed by atoms with Crippen molar-refractivity contribution in [1.82, 2.24) is 15.3 Å². The summed E-state index contributed by atoms with van der Waals surface area (Å²) < 4.78 is 26.4. The molecule has 0 aliphatic heterocycles. The van der Waals surface area contributed by atoms with Gasteiger partial charge in [0.05, 0.1) is 17.3 Å². The second kappa shape index (κ2) is 11.9. The Hall–Kier alpha value is -2.94. The molecule has 0 bridgehead atoms. The lowest BCUT2D eigenvalue weighted by molar-refractivity contribution is 0.538. The number of nitrogens with zero attached hydrogens (tertiary/aromatic N) is 2. The highest BCUT2D eigenvalue weighted by Gasteiger charge is 2.08.